The fourth-order valence-corrected chi connectivity index (χ4v) is 2.34. The summed E-state index contributed by atoms with van der Waals surface area (Å²) in [4.78, 5) is 23.8. The highest BCUT2D eigenvalue weighted by molar-refractivity contribution is 5.98. The van der Waals surface area contributed by atoms with Crippen molar-refractivity contribution in [2.45, 2.75) is 19.3 Å². The van der Waals surface area contributed by atoms with Crippen LogP contribution in [0.15, 0.2) is 29.8 Å². The molecule has 1 heterocycles. The molecular formula is C17H22ClFN2O3. The Balaban J connectivity index is 0.00000288. The molecule has 7 heteroatoms. The summed E-state index contributed by atoms with van der Waals surface area (Å²) in [7, 11) is 1.36. The Kier molecular flexibility index (Phi) is 8.43. The van der Waals surface area contributed by atoms with E-state index in [0.717, 1.165) is 25.6 Å². The summed E-state index contributed by atoms with van der Waals surface area (Å²) in [6, 6.07) is 4.05. The molecule has 0 aromatic heterocycles. The van der Waals surface area contributed by atoms with Gasteiger partial charge >= 0.3 is 0 Å². The van der Waals surface area contributed by atoms with Gasteiger partial charge in [-0.2, -0.15) is 0 Å². The van der Waals surface area contributed by atoms with Crippen LogP contribution in [0.25, 0.3) is 0 Å². The van der Waals surface area contributed by atoms with E-state index in [9.17, 15) is 14.0 Å². The van der Waals surface area contributed by atoms with Crippen molar-refractivity contribution in [2.75, 3.05) is 26.7 Å². The average Bonchev–Trinajstić information content (AvgIpc) is 2.58. The third kappa shape index (κ3) is 5.94. The second-order valence-electron chi connectivity index (χ2n) is 5.37. The van der Waals surface area contributed by atoms with Crippen molar-refractivity contribution in [3.8, 4) is 5.75 Å². The van der Waals surface area contributed by atoms with Crippen LogP contribution in [0.2, 0.25) is 0 Å². The van der Waals surface area contributed by atoms with Crippen LogP contribution in [0.1, 0.15) is 29.6 Å². The predicted octanol–water partition coefficient (Wildman–Crippen LogP) is 2.25. The number of hydrogen-bond acceptors (Lipinski definition) is 4. The second-order valence-corrected chi connectivity index (χ2v) is 5.37. The van der Waals surface area contributed by atoms with Gasteiger partial charge in [-0.15, -0.1) is 12.4 Å². The minimum Gasteiger partial charge on any atom is -0.494 e. The third-order valence-electron chi connectivity index (χ3n) is 3.72. The number of hydrogen-bond donors (Lipinski definition) is 2. The highest BCUT2D eigenvalue weighted by atomic mass is 35.5. The lowest BCUT2D eigenvalue weighted by Crippen LogP contribution is -2.29. The van der Waals surface area contributed by atoms with Gasteiger partial charge in [0.1, 0.15) is 0 Å². The lowest BCUT2D eigenvalue weighted by Gasteiger charge is -2.14. The molecule has 0 bridgehead atoms. The SMILES string of the molecule is COc1ccc(C(=O)CCC(=O)NCC2=CCNCC2)cc1F.Cl. The summed E-state index contributed by atoms with van der Waals surface area (Å²) in [5.41, 5.74) is 1.44. The first-order valence-electron chi connectivity index (χ1n) is 7.62. The number of rotatable bonds is 7. The van der Waals surface area contributed by atoms with Gasteiger partial charge in [0, 0.05) is 31.5 Å². The number of ether oxygens (including phenoxy) is 1. The number of carbonyl (C=O) groups excluding carboxylic acids is 2. The van der Waals surface area contributed by atoms with E-state index >= 15 is 0 Å². The number of amides is 1. The Morgan fingerprint density at radius 2 is 2.12 bits per heavy atom. The van der Waals surface area contributed by atoms with Gasteiger partial charge in [-0.3, -0.25) is 9.59 Å². The maximum atomic E-state index is 13.6. The molecule has 0 saturated carbocycles. The number of methoxy groups -OCH3 is 1. The largest absolute Gasteiger partial charge is 0.494 e. The van der Waals surface area contributed by atoms with E-state index in [0.29, 0.717) is 6.54 Å². The number of nitrogens with one attached hydrogen (secondary N) is 2. The quantitative estimate of drug-likeness (QED) is 0.581. The standard InChI is InChI=1S/C17H21FN2O3.ClH/c1-23-16-4-2-13(10-14(16)18)15(21)3-5-17(22)20-11-12-6-8-19-9-7-12;/h2,4,6,10,19H,3,5,7-9,11H2,1H3,(H,20,22);1H. The van der Waals surface area contributed by atoms with Crippen LogP contribution >= 0.6 is 12.4 Å². The zero-order chi connectivity index (χ0) is 16.7. The summed E-state index contributed by atoms with van der Waals surface area (Å²) >= 11 is 0. The Morgan fingerprint density at radius 1 is 1.33 bits per heavy atom. The Labute approximate surface area is 147 Å². The van der Waals surface area contributed by atoms with Crippen LogP contribution in [0.4, 0.5) is 4.39 Å². The number of carbonyl (C=O) groups is 2. The normalized spacial score (nSPS) is 13.5. The van der Waals surface area contributed by atoms with Crippen LogP contribution in [0.5, 0.6) is 5.75 Å². The van der Waals surface area contributed by atoms with E-state index in [1.807, 2.05) is 0 Å². The van der Waals surface area contributed by atoms with Crippen molar-refractivity contribution in [3.05, 3.63) is 41.2 Å². The molecule has 2 rings (SSSR count). The summed E-state index contributed by atoms with van der Waals surface area (Å²) in [6.07, 6.45) is 3.13. The number of halogens is 2. The van der Waals surface area contributed by atoms with Crippen LogP contribution < -0.4 is 15.4 Å². The van der Waals surface area contributed by atoms with E-state index in [1.54, 1.807) is 0 Å². The Bertz CT molecular complexity index is 620. The van der Waals surface area contributed by atoms with Gasteiger partial charge < -0.3 is 15.4 Å². The molecular weight excluding hydrogens is 335 g/mol. The molecule has 2 N–H and O–H groups in total. The molecule has 132 valence electrons. The molecule has 0 spiro atoms. The molecule has 0 fully saturated rings. The van der Waals surface area contributed by atoms with Crippen LogP contribution in [0.3, 0.4) is 0 Å². The first kappa shape index (κ1) is 20.1. The molecule has 0 unspecified atom stereocenters. The Morgan fingerprint density at radius 3 is 2.75 bits per heavy atom. The van der Waals surface area contributed by atoms with Gasteiger partial charge in [0.25, 0.3) is 0 Å². The van der Waals surface area contributed by atoms with Crippen molar-refractivity contribution in [2.24, 2.45) is 0 Å². The average molecular weight is 357 g/mol. The molecule has 0 atom stereocenters. The van der Waals surface area contributed by atoms with Crippen molar-refractivity contribution >= 4 is 24.1 Å². The molecule has 5 nitrogen and oxygen atoms in total. The molecule has 0 aliphatic carbocycles. The fraction of sp³-hybridized carbons (Fsp3) is 0.412. The summed E-state index contributed by atoms with van der Waals surface area (Å²) in [6.45, 7) is 2.27. The second kappa shape index (κ2) is 10.1. The van der Waals surface area contributed by atoms with E-state index in [1.165, 1.54) is 24.8 Å². The van der Waals surface area contributed by atoms with Crippen molar-refractivity contribution in [1.82, 2.24) is 10.6 Å². The Hall–Kier alpha value is -1.92. The third-order valence-corrected chi connectivity index (χ3v) is 3.72. The van der Waals surface area contributed by atoms with Crippen molar-refractivity contribution in [3.63, 3.8) is 0 Å². The highest BCUT2D eigenvalue weighted by Crippen LogP contribution is 2.18. The summed E-state index contributed by atoms with van der Waals surface area (Å²) < 4.78 is 18.4. The summed E-state index contributed by atoms with van der Waals surface area (Å²) in [5, 5.41) is 6.01. The van der Waals surface area contributed by atoms with Gasteiger partial charge in [-0.25, -0.2) is 4.39 Å². The minimum atomic E-state index is -0.583. The fourth-order valence-electron chi connectivity index (χ4n) is 2.34. The molecule has 24 heavy (non-hydrogen) atoms. The molecule has 0 saturated heterocycles. The van der Waals surface area contributed by atoms with E-state index in [-0.39, 0.29) is 48.3 Å². The smallest absolute Gasteiger partial charge is 0.220 e. The van der Waals surface area contributed by atoms with E-state index < -0.39 is 5.82 Å². The van der Waals surface area contributed by atoms with Crippen LogP contribution in [-0.2, 0) is 4.79 Å². The van der Waals surface area contributed by atoms with Crippen LogP contribution in [0, 0.1) is 5.82 Å². The molecule has 1 aliphatic heterocycles. The number of Topliss-reactive ketones (excluding diaryl/α,β-unsaturated/α-hetero) is 1. The molecule has 1 aromatic carbocycles. The zero-order valence-electron chi connectivity index (χ0n) is 13.6. The van der Waals surface area contributed by atoms with Gasteiger partial charge in [0.15, 0.2) is 17.3 Å². The zero-order valence-corrected chi connectivity index (χ0v) is 14.4. The number of ketones is 1. The predicted molar refractivity (Wildman–Crippen MR) is 92.3 cm³/mol. The minimum absolute atomic E-state index is 0. The lowest BCUT2D eigenvalue weighted by molar-refractivity contribution is -0.120. The topological polar surface area (TPSA) is 67.4 Å². The first-order chi connectivity index (χ1) is 11.1. The maximum absolute atomic E-state index is 13.6. The van der Waals surface area contributed by atoms with Gasteiger partial charge in [0.2, 0.25) is 5.91 Å². The monoisotopic (exact) mass is 356 g/mol. The van der Waals surface area contributed by atoms with Gasteiger partial charge in [-0.1, -0.05) is 11.6 Å². The van der Waals surface area contributed by atoms with Gasteiger partial charge in [-0.05, 0) is 31.2 Å². The van der Waals surface area contributed by atoms with Crippen molar-refractivity contribution in [1.29, 1.82) is 0 Å². The van der Waals surface area contributed by atoms with E-state index in [4.69, 9.17) is 4.74 Å². The first-order valence-corrected chi connectivity index (χ1v) is 7.62. The molecule has 0 radical (unpaired) electrons. The van der Waals surface area contributed by atoms with E-state index in [2.05, 4.69) is 16.7 Å². The number of benzene rings is 1. The van der Waals surface area contributed by atoms with Crippen LogP contribution in [-0.4, -0.2) is 38.4 Å². The lowest BCUT2D eigenvalue weighted by atomic mass is 10.1. The molecule has 1 amide bonds. The highest BCUT2D eigenvalue weighted by Gasteiger charge is 2.12. The van der Waals surface area contributed by atoms with Gasteiger partial charge in [0.05, 0.1) is 7.11 Å². The maximum Gasteiger partial charge on any atom is 0.220 e. The summed E-state index contributed by atoms with van der Waals surface area (Å²) in [5.74, 6) is -0.926. The molecule has 1 aromatic rings. The molecule has 1 aliphatic rings. The van der Waals surface area contributed by atoms with Crippen molar-refractivity contribution < 1.29 is 18.7 Å².